The van der Waals surface area contributed by atoms with Crippen LogP contribution in [0, 0.1) is 5.92 Å². The molecule has 0 saturated heterocycles. The van der Waals surface area contributed by atoms with E-state index in [1.807, 2.05) is 0 Å². The molecule has 0 radical (unpaired) electrons. The minimum atomic E-state index is -1.83. The van der Waals surface area contributed by atoms with Crippen LogP contribution >= 0.6 is 0 Å². The van der Waals surface area contributed by atoms with E-state index >= 15 is 0 Å². The third-order valence-electron chi connectivity index (χ3n) is 8.03. The van der Waals surface area contributed by atoms with Crippen molar-refractivity contribution in [2.75, 3.05) is 0 Å². The van der Waals surface area contributed by atoms with Crippen molar-refractivity contribution >= 4 is 8.07 Å². The van der Waals surface area contributed by atoms with Gasteiger partial charge in [-0.3, -0.25) is 0 Å². The molecule has 0 fully saturated rings. The lowest BCUT2D eigenvalue weighted by atomic mass is 9.78. The Morgan fingerprint density at radius 1 is 0.800 bits per heavy atom. The van der Waals surface area contributed by atoms with E-state index in [1.54, 1.807) is 38.6 Å². The van der Waals surface area contributed by atoms with Crippen LogP contribution in [0.4, 0.5) is 0 Å². The molecule has 0 amide bonds. The maximum Gasteiger partial charge on any atom is 0.0935 e. The average molecular weight is 407 g/mol. The summed E-state index contributed by atoms with van der Waals surface area (Å²) in [7, 11) is -1.83. The zero-order valence-electron chi connectivity index (χ0n) is 18.3. The van der Waals surface area contributed by atoms with Crippen LogP contribution in [0.1, 0.15) is 49.3 Å². The molecule has 1 atom stereocenters. The number of hydrogen-bond acceptors (Lipinski definition) is 0. The molecule has 2 aromatic carbocycles. The van der Waals surface area contributed by atoms with E-state index in [0.717, 1.165) is 0 Å². The van der Waals surface area contributed by atoms with Crippen LogP contribution in [0.2, 0.25) is 13.1 Å². The van der Waals surface area contributed by atoms with Gasteiger partial charge in [0.15, 0.2) is 0 Å². The van der Waals surface area contributed by atoms with Gasteiger partial charge < -0.3 is 0 Å². The minimum absolute atomic E-state index is 0.532. The van der Waals surface area contributed by atoms with Crippen molar-refractivity contribution in [1.82, 2.24) is 0 Å². The van der Waals surface area contributed by atoms with Gasteiger partial charge in [-0.15, -0.1) is 0 Å². The fourth-order valence-corrected chi connectivity index (χ4v) is 11.4. The van der Waals surface area contributed by atoms with Crippen molar-refractivity contribution in [3.8, 4) is 11.1 Å². The number of benzene rings is 2. The van der Waals surface area contributed by atoms with Crippen molar-refractivity contribution in [3.63, 3.8) is 0 Å². The van der Waals surface area contributed by atoms with Crippen LogP contribution in [0.15, 0.2) is 94.2 Å². The Kier molecular flexibility index (Phi) is 4.02. The quantitative estimate of drug-likeness (QED) is 0.445. The number of rotatable bonds is 2. The largest absolute Gasteiger partial charge is 0.0935 e. The van der Waals surface area contributed by atoms with Crippen LogP contribution < -0.4 is 0 Å². The normalized spacial score (nSPS) is 22.6. The molecule has 0 saturated carbocycles. The van der Waals surface area contributed by atoms with E-state index in [4.69, 9.17) is 0 Å². The molecule has 1 heteroatoms. The lowest BCUT2D eigenvalue weighted by molar-refractivity contribution is 0.638. The molecule has 0 nitrogen and oxygen atoms in total. The topological polar surface area (TPSA) is 0 Å². The van der Waals surface area contributed by atoms with Gasteiger partial charge in [0, 0.05) is 11.5 Å². The van der Waals surface area contributed by atoms with E-state index < -0.39 is 8.07 Å². The van der Waals surface area contributed by atoms with E-state index in [9.17, 15) is 0 Å². The highest BCUT2D eigenvalue weighted by Crippen LogP contribution is 2.54. The Bertz CT molecular complexity index is 1140. The predicted octanol–water partition coefficient (Wildman–Crippen LogP) is 7.90. The van der Waals surface area contributed by atoms with Crippen LogP contribution in [0.5, 0.6) is 0 Å². The highest BCUT2D eigenvalue weighted by molar-refractivity contribution is 6.87. The van der Waals surface area contributed by atoms with Gasteiger partial charge in [0.2, 0.25) is 0 Å². The Balaban J connectivity index is 1.53. The summed E-state index contributed by atoms with van der Waals surface area (Å²) < 4.78 is 0. The molecular formula is C29H30Si. The van der Waals surface area contributed by atoms with Gasteiger partial charge in [0.25, 0.3) is 0 Å². The van der Waals surface area contributed by atoms with Crippen LogP contribution in [0.25, 0.3) is 11.1 Å². The molecule has 0 bridgehead atoms. The van der Waals surface area contributed by atoms with Gasteiger partial charge in [0.05, 0.1) is 8.07 Å². The predicted molar refractivity (Wildman–Crippen MR) is 130 cm³/mol. The first-order chi connectivity index (χ1) is 14.6. The first-order valence-electron chi connectivity index (χ1n) is 11.6. The Morgan fingerprint density at radius 3 is 2.13 bits per heavy atom. The molecule has 4 aliphatic carbocycles. The summed E-state index contributed by atoms with van der Waals surface area (Å²) in [5, 5.41) is 1.72. The number of hydrogen-bond donors (Lipinski definition) is 0. The Hall–Kier alpha value is -2.38. The van der Waals surface area contributed by atoms with Crippen LogP contribution in [-0.4, -0.2) is 8.07 Å². The monoisotopic (exact) mass is 406 g/mol. The first kappa shape index (κ1) is 18.4. The second kappa shape index (κ2) is 6.56. The van der Waals surface area contributed by atoms with E-state index in [2.05, 4.69) is 86.8 Å². The summed E-state index contributed by atoms with van der Waals surface area (Å²) >= 11 is 0. The molecule has 0 heterocycles. The number of allylic oxidation sites excluding steroid dienone is 8. The van der Waals surface area contributed by atoms with Gasteiger partial charge >= 0.3 is 0 Å². The highest BCUT2D eigenvalue weighted by atomic mass is 28.3. The van der Waals surface area contributed by atoms with E-state index in [1.165, 1.54) is 36.8 Å². The molecule has 0 aromatic heterocycles. The summed E-state index contributed by atoms with van der Waals surface area (Å²) in [6, 6.07) is 18.3. The molecule has 150 valence electrons. The lowest BCUT2D eigenvalue weighted by Crippen LogP contribution is -2.38. The average Bonchev–Trinajstić information content (AvgIpc) is 3.29. The lowest BCUT2D eigenvalue weighted by Gasteiger charge is -2.36. The maximum atomic E-state index is 2.62. The summed E-state index contributed by atoms with van der Waals surface area (Å²) in [4.78, 5) is 0. The SMILES string of the molecule is CC1=CC2C(=C1[Si](C)(C)C1c3ccccc3-c3ccccc31)C=CC1=C2CCCC1. The van der Waals surface area contributed by atoms with Gasteiger partial charge in [-0.2, -0.15) is 0 Å². The fraction of sp³-hybridized carbons (Fsp3) is 0.310. The second-order valence-electron chi connectivity index (χ2n) is 10.1. The summed E-state index contributed by atoms with van der Waals surface area (Å²) in [6.45, 7) is 7.63. The van der Waals surface area contributed by atoms with Crippen molar-refractivity contribution in [2.24, 2.45) is 5.92 Å². The second-order valence-corrected chi connectivity index (χ2v) is 14.6. The third-order valence-corrected chi connectivity index (χ3v) is 12.1. The molecule has 30 heavy (non-hydrogen) atoms. The Morgan fingerprint density at radius 2 is 1.43 bits per heavy atom. The highest BCUT2D eigenvalue weighted by Gasteiger charge is 2.46. The van der Waals surface area contributed by atoms with Crippen molar-refractivity contribution < 1.29 is 0 Å². The molecular weight excluding hydrogens is 376 g/mol. The first-order valence-corrected chi connectivity index (χ1v) is 14.7. The fourth-order valence-electron chi connectivity index (χ4n) is 6.93. The Labute approximate surface area is 181 Å². The standard InChI is InChI=1S/C29H30Si/c1-19-18-27-21-11-5-4-10-20(21)16-17-26(27)28(19)30(2,3)29-24-14-8-6-12-22(24)23-13-7-9-15-25(23)29/h6-9,12-18,27,29H,4-5,10-11H2,1-3H3. The van der Waals surface area contributed by atoms with Crippen LogP contribution in [0.3, 0.4) is 0 Å². The van der Waals surface area contributed by atoms with Crippen molar-refractivity contribution in [2.45, 2.75) is 51.2 Å². The number of fused-ring (bicyclic) bond motifs is 5. The maximum absolute atomic E-state index is 2.62. The zero-order valence-corrected chi connectivity index (χ0v) is 19.3. The molecule has 2 aromatic rings. The van der Waals surface area contributed by atoms with E-state index in [-0.39, 0.29) is 0 Å². The van der Waals surface area contributed by atoms with Gasteiger partial charge in [-0.25, -0.2) is 0 Å². The zero-order chi connectivity index (χ0) is 20.5. The third kappa shape index (κ3) is 2.45. The molecule has 1 unspecified atom stereocenters. The molecule has 0 aliphatic heterocycles. The van der Waals surface area contributed by atoms with Crippen molar-refractivity contribution in [3.05, 3.63) is 105 Å². The minimum Gasteiger partial charge on any atom is -0.0701 e. The van der Waals surface area contributed by atoms with Crippen molar-refractivity contribution in [1.29, 1.82) is 0 Å². The van der Waals surface area contributed by atoms with Gasteiger partial charge in [-0.1, -0.05) is 96.2 Å². The molecule has 6 rings (SSSR count). The molecule has 0 spiro atoms. The summed E-state index contributed by atoms with van der Waals surface area (Å²) in [5.41, 5.74) is 13.1. The van der Waals surface area contributed by atoms with Gasteiger partial charge in [0.1, 0.15) is 0 Å². The van der Waals surface area contributed by atoms with Gasteiger partial charge in [-0.05, 0) is 66.0 Å². The molecule has 0 N–H and O–H groups in total. The smallest absolute Gasteiger partial charge is 0.0701 e. The summed E-state index contributed by atoms with van der Waals surface area (Å²) in [6.07, 6.45) is 12.9. The van der Waals surface area contributed by atoms with Crippen LogP contribution in [-0.2, 0) is 0 Å². The molecule has 4 aliphatic rings. The van der Waals surface area contributed by atoms with E-state index in [0.29, 0.717) is 11.5 Å². The summed E-state index contributed by atoms with van der Waals surface area (Å²) in [5.74, 6) is 0.555.